The Kier molecular flexibility index (Phi) is 4.69. The van der Waals surface area contributed by atoms with Crippen LogP contribution in [0.4, 0.5) is 5.69 Å². The van der Waals surface area contributed by atoms with Gasteiger partial charge in [-0.3, -0.25) is 9.59 Å². The number of halogens is 1. The van der Waals surface area contributed by atoms with Crippen LogP contribution in [0.2, 0.25) is 5.02 Å². The number of benzene rings is 1. The maximum atomic E-state index is 12.4. The van der Waals surface area contributed by atoms with Gasteiger partial charge in [0.1, 0.15) is 4.88 Å². The summed E-state index contributed by atoms with van der Waals surface area (Å²) in [6.45, 7) is 2.35. The highest BCUT2D eigenvalue weighted by molar-refractivity contribution is 7.21. The average Bonchev–Trinajstić information content (AvgIpc) is 2.76. The molecule has 0 atom stereocenters. The molecule has 2 rings (SSSR count). The van der Waals surface area contributed by atoms with Crippen molar-refractivity contribution in [2.24, 2.45) is 0 Å². The van der Waals surface area contributed by atoms with E-state index in [0.29, 0.717) is 27.5 Å². The molecule has 2 aromatic rings. The molecular weight excluding hydrogens is 310 g/mol. The number of thiophene rings is 1. The van der Waals surface area contributed by atoms with Gasteiger partial charge in [-0.15, -0.1) is 11.3 Å². The third-order valence-corrected chi connectivity index (χ3v) is 4.47. The molecule has 0 radical (unpaired) electrons. The van der Waals surface area contributed by atoms with Gasteiger partial charge in [0.05, 0.1) is 17.3 Å². The Labute approximate surface area is 131 Å². The lowest BCUT2D eigenvalue weighted by Gasteiger charge is -2.15. The molecule has 1 aromatic heterocycles. The molecule has 7 heteroatoms. The maximum absolute atomic E-state index is 12.4. The number of nitrogen functional groups attached to an aromatic ring is 1. The van der Waals surface area contributed by atoms with Gasteiger partial charge in [0.25, 0.3) is 5.91 Å². The number of rotatable bonds is 4. The molecule has 3 N–H and O–H groups in total. The van der Waals surface area contributed by atoms with E-state index in [1.165, 1.54) is 16.2 Å². The van der Waals surface area contributed by atoms with Gasteiger partial charge in [0, 0.05) is 23.7 Å². The van der Waals surface area contributed by atoms with Crippen LogP contribution < -0.4 is 11.1 Å². The molecule has 0 aliphatic heterocycles. The molecule has 0 saturated carbocycles. The SMILES string of the molecule is CCNC(=O)CN(C)C(=O)c1sc2cccc(Cl)c2c1N. The molecule has 0 aliphatic carbocycles. The first-order chi connectivity index (χ1) is 9.95. The van der Waals surface area contributed by atoms with Crippen LogP contribution in [0.15, 0.2) is 18.2 Å². The molecule has 0 saturated heterocycles. The van der Waals surface area contributed by atoms with E-state index in [0.717, 1.165) is 4.70 Å². The molecule has 0 fully saturated rings. The number of nitrogens with two attached hydrogens (primary N) is 1. The monoisotopic (exact) mass is 325 g/mol. The predicted molar refractivity (Wildman–Crippen MR) is 86.9 cm³/mol. The smallest absolute Gasteiger partial charge is 0.266 e. The second-order valence-corrected chi connectivity index (χ2v) is 6.03. The van der Waals surface area contributed by atoms with Crippen LogP contribution in [0.3, 0.4) is 0 Å². The second-order valence-electron chi connectivity index (χ2n) is 4.57. The standard InChI is InChI=1S/C14H16ClN3O2S/c1-3-17-10(19)7-18(2)14(20)13-12(16)11-8(15)5-4-6-9(11)21-13/h4-6H,3,7,16H2,1-2H3,(H,17,19). The Morgan fingerprint density at radius 3 is 2.76 bits per heavy atom. The van der Waals surface area contributed by atoms with E-state index in [1.54, 1.807) is 13.1 Å². The first-order valence-corrected chi connectivity index (χ1v) is 7.63. The van der Waals surface area contributed by atoms with Crippen molar-refractivity contribution in [3.8, 4) is 0 Å². The molecular formula is C14H16ClN3O2S. The topological polar surface area (TPSA) is 75.4 Å². The van der Waals surface area contributed by atoms with E-state index in [1.807, 2.05) is 19.1 Å². The van der Waals surface area contributed by atoms with Crippen molar-refractivity contribution in [2.45, 2.75) is 6.92 Å². The van der Waals surface area contributed by atoms with Crippen LogP contribution in [0, 0.1) is 0 Å². The highest BCUT2D eigenvalue weighted by atomic mass is 35.5. The van der Waals surface area contributed by atoms with Crippen molar-refractivity contribution < 1.29 is 9.59 Å². The Bertz CT molecular complexity index is 699. The number of hydrogen-bond donors (Lipinski definition) is 2. The van der Waals surface area contributed by atoms with Crippen molar-refractivity contribution in [3.63, 3.8) is 0 Å². The average molecular weight is 326 g/mol. The molecule has 21 heavy (non-hydrogen) atoms. The predicted octanol–water partition coefficient (Wildman–Crippen LogP) is 2.34. The minimum atomic E-state index is -0.281. The summed E-state index contributed by atoms with van der Waals surface area (Å²) < 4.78 is 0.856. The van der Waals surface area contributed by atoms with Crippen LogP contribution in [-0.2, 0) is 4.79 Å². The molecule has 5 nitrogen and oxygen atoms in total. The molecule has 0 aliphatic rings. The fraction of sp³-hybridized carbons (Fsp3) is 0.286. The van der Waals surface area contributed by atoms with E-state index in [2.05, 4.69) is 5.32 Å². The molecule has 0 spiro atoms. The summed E-state index contributed by atoms with van der Waals surface area (Å²) in [7, 11) is 1.57. The van der Waals surface area contributed by atoms with Crippen LogP contribution in [0.5, 0.6) is 0 Å². The molecule has 1 aromatic carbocycles. The van der Waals surface area contributed by atoms with Crippen LogP contribution >= 0.6 is 22.9 Å². The number of carbonyl (C=O) groups is 2. The van der Waals surface area contributed by atoms with Crippen molar-refractivity contribution in [2.75, 3.05) is 25.9 Å². The Balaban J connectivity index is 2.29. The Morgan fingerprint density at radius 2 is 2.14 bits per heavy atom. The van der Waals surface area contributed by atoms with Gasteiger partial charge in [-0.1, -0.05) is 17.7 Å². The Morgan fingerprint density at radius 1 is 1.43 bits per heavy atom. The number of amides is 2. The third kappa shape index (κ3) is 3.11. The lowest BCUT2D eigenvalue weighted by molar-refractivity contribution is -0.121. The first kappa shape index (κ1) is 15.6. The van der Waals surface area contributed by atoms with Gasteiger partial charge in [-0.2, -0.15) is 0 Å². The van der Waals surface area contributed by atoms with Crippen molar-refractivity contribution in [3.05, 3.63) is 28.1 Å². The van der Waals surface area contributed by atoms with Crippen molar-refractivity contribution in [1.29, 1.82) is 0 Å². The number of anilines is 1. The molecule has 112 valence electrons. The summed E-state index contributed by atoms with van der Waals surface area (Å²) in [6.07, 6.45) is 0. The van der Waals surface area contributed by atoms with Crippen molar-refractivity contribution >= 4 is 50.5 Å². The largest absolute Gasteiger partial charge is 0.397 e. The number of nitrogens with one attached hydrogen (secondary N) is 1. The van der Waals surface area contributed by atoms with Gasteiger partial charge < -0.3 is 16.0 Å². The van der Waals surface area contributed by atoms with E-state index in [9.17, 15) is 9.59 Å². The fourth-order valence-electron chi connectivity index (χ4n) is 2.00. The quantitative estimate of drug-likeness (QED) is 0.906. The number of hydrogen-bond acceptors (Lipinski definition) is 4. The lowest BCUT2D eigenvalue weighted by Crippen LogP contribution is -2.38. The van der Waals surface area contributed by atoms with Gasteiger partial charge in [-0.05, 0) is 19.1 Å². The summed E-state index contributed by atoms with van der Waals surface area (Å²) in [6, 6.07) is 5.41. The summed E-state index contributed by atoms with van der Waals surface area (Å²) in [5.41, 5.74) is 6.41. The molecule has 0 bridgehead atoms. The summed E-state index contributed by atoms with van der Waals surface area (Å²) >= 11 is 7.41. The second kappa shape index (κ2) is 6.32. The zero-order valence-corrected chi connectivity index (χ0v) is 13.3. The van der Waals surface area contributed by atoms with Crippen LogP contribution in [-0.4, -0.2) is 36.9 Å². The zero-order valence-electron chi connectivity index (χ0n) is 11.8. The first-order valence-electron chi connectivity index (χ1n) is 6.44. The minimum Gasteiger partial charge on any atom is -0.397 e. The highest BCUT2D eigenvalue weighted by Crippen LogP contribution is 2.38. The van der Waals surface area contributed by atoms with Gasteiger partial charge in [0.15, 0.2) is 0 Å². The summed E-state index contributed by atoms with van der Waals surface area (Å²) in [4.78, 5) is 25.7. The highest BCUT2D eigenvalue weighted by Gasteiger charge is 2.22. The third-order valence-electron chi connectivity index (χ3n) is 3.00. The zero-order chi connectivity index (χ0) is 15.6. The maximum Gasteiger partial charge on any atom is 0.266 e. The van der Waals surface area contributed by atoms with Crippen molar-refractivity contribution in [1.82, 2.24) is 10.2 Å². The number of fused-ring (bicyclic) bond motifs is 1. The minimum absolute atomic E-state index is 0.00586. The molecule has 0 unspecified atom stereocenters. The van der Waals surface area contributed by atoms with E-state index < -0.39 is 0 Å². The van der Waals surface area contributed by atoms with Crippen LogP contribution in [0.1, 0.15) is 16.6 Å². The lowest BCUT2D eigenvalue weighted by atomic mass is 10.2. The van der Waals surface area contributed by atoms with Gasteiger partial charge in [0.2, 0.25) is 5.91 Å². The number of likely N-dealkylation sites (N-methyl/N-ethyl adjacent to an activating group) is 2. The Hall–Kier alpha value is -1.79. The van der Waals surface area contributed by atoms with Crippen LogP contribution in [0.25, 0.3) is 10.1 Å². The summed E-state index contributed by atoms with van der Waals surface area (Å²) in [5, 5.41) is 3.86. The van der Waals surface area contributed by atoms with E-state index in [4.69, 9.17) is 17.3 Å². The van der Waals surface area contributed by atoms with Gasteiger partial charge >= 0.3 is 0 Å². The summed E-state index contributed by atoms with van der Waals surface area (Å²) in [5.74, 6) is -0.484. The molecule has 2 amide bonds. The normalized spacial score (nSPS) is 10.6. The van der Waals surface area contributed by atoms with E-state index >= 15 is 0 Å². The fourth-order valence-corrected chi connectivity index (χ4v) is 3.48. The number of nitrogens with zero attached hydrogens (tertiary/aromatic N) is 1. The number of carbonyl (C=O) groups excluding carboxylic acids is 2. The van der Waals surface area contributed by atoms with Gasteiger partial charge in [-0.25, -0.2) is 0 Å². The van der Waals surface area contributed by atoms with E-state index in [-0.39, 0.29) is 18.4 Å². The molecule has 1 heterocycles.